The molecule has 3 aromatic carbocycles. The molecule has 172 valence electrons. The fourth-order valence-corrected chi connectivity index (χ4v) is 4.18. The van der Waals surface area contributed by atoms with E-state index in [9.17, 15) is 4.79 Å². The van der Waals surface area contributed by atoms with Gasteiger partial charge in [0.2, 0.25) is 0 Å². The first-order chi connectivity index (χ1) is 15.8. The lowest BCUT2D eigenvalue weighted by atomic mass is 10.1. The maximum absolute atomic E-state index is 15.1. The van der Waals surface area contributed by atoms with Crippen molar-refractivity contribution < 1.29 is 13.9 Å². The molecule has 0 saturated heterocycles. The van der Waals surface area contributed by atoms with Gasteiger partial charge in [-0.25, -0.2) is 4.39 Å². The number of nitrogens with zero attached hydrogens (tertiary/aromatic N) is 2. The second kappa shape index (κ2) is 9.83. The van der Waals surface area contributed by atoms with Crippen molar-refractivity contribution in [2.45, 2.75) is 19.6 Å². The van der Waals surface area contributed by atoms with Gasteiger partial charge in [0.25, 0.3) is 5.91 Å². The van der Waals surface area contributed by atoms with Crippen LogP contribution in [0.4, 0.5) is 10.1 Å². The van der Waals surface area contributed by atoms with E-state index in [1.54, 1.807) is 26.2 Å². The minimum absolute atomic E-state index is 0.0127. The maximum Gasteiger partial charge on any atom is 0.259 e. The summed E-state index contributed by atoms with van der Waals surface area (Å²) in [6, 6.07) is 19.6. The van der Waals surface area contributed by atoms with E-state index in [1.807, 2.05) is 24.3 Å². The van der Waals surface area contributed by atoms with Crippen LogP contribution in [0.2, 0.25) is 0 Å². The topological polar surface area (TPSA) is 46.5 Å². The molecule has 4 rings (SSSR count). The van der Waals surface area contributed by atoms with Gasteiger partial charge in [0, 0.05) is 52.6 Å². The Morgan fingerprint density at radius 2 is 1.73 bits per heavy atom. The molecule has 1 heterocycles. The van der Waals surface area contributed by atoms with Crippen LogP contribution >= 0.6 is 15.9 Å². The van der Waals surface area contributed by atoms with Crippen LogP contribution < -0.4 is 10.1 Å². The molecule has 0 radical (unpaired) electrons. The Balaban J connectivity index is 1.43. The third-order valence-electron chi connectivity index (χ3n) is 5.61. The van der Waals surface area contributed by atoms with E-state index in [1.165, 1.54) is 10.5 Å². The molecule has 1 aromatic heterocycles. The van der Waals surface area contributed by atoms with Crippen molar-refractivity contribution >= 4 is 49.3 Å². The highest BCUT2D eigenvalue weighted by molar-refractivity contribution is 9.10. The van der Waals surface area contributed by atoms with Crippen LogP contribution in [-0.4, -0.2) is 48.8 Å². The van der Waals surface area contributed by atoms with E-state index in [0.29, 0.717) is 5.75 Å². The Morgan fingerprint density at radius 1 is 1.06 bits per heavy atom. The summed E-state index contributed by atoms with van der Waals surface area (Å²) in [5.74, 6) is 0.490. The quantitative estimate of drug-likeness (QED) is 0.326. The van der Waals surface area contributed by atoms with Gasteiger partial charge in [-0.15, -0.1) is 0 Å². The SMILES string of the molecule is Cc1ccc2c(c1)c1cc(Br)ccc1n2CC(F)CNc1ccc(OCC(=O)N(C)C)cc1. The summed E-state index contributed by atoms with van der Waals surface area (Å²) < 4.78 is 23.6. The molecule has 4 aromatic rings. The van der Waals surface area contributed by atoms with Gasteiger partial charge in [-0.05, 0) is 61.5 Å². The lowest BCUT2D eigenvalue weighted by Crippen LogP contribution is -2.27. The third kappa shape index (κ3) is 5.30. The predicted octanol–water partition coefficient (Wildman–Crippen LogP) is 5.78. The molecule has 1 atom stereocenters. The lowest BCUT2D eigenvalue weighted by Gasteiger charge is -2.15. The van der Waals surface area contributed by atoms with Crippen molar-refractivity contribution in [1.82, 2.24) is 9.47 Å². The Bertz CT molecular complexity index is 1230. The smallest absolute Gasteiger partial charge is 0.259 e. The first-order valence-electron chi connectivity index (χ1n) is 10.8. The molecule has 1 unspecified atom stereocenters. The average Bonchev–Trinajstić information content (AvgIpc) is 3.08. The summed E-state index contributed by atoms with van der Waals surface area (Å²) in [6.07, 6.45) is -1.08. The monoisotopic (exact) mass is 511 g/mol. The molecule has 0 spiro atoms. The molecule has 0 aliphatic rings. The number of halogens is 2. The van der Waals surface area contributed by atoms with Gasteiger partial charge in [-0.1, -0.05) is 27.6 Å². The molecule has 5 nitrogen and oxygen atoms in total. The number of ether oxygens (including phenoxy) is 1. The van der Waals surface area contributed by atoms with E-state index in [2.05, 4.69) is 57.0 Å². The van der Waals surface area contributed by atoms with Crippen LogP contribution in [0.3, 0.4) is 0 Å². The van der Waals surface area contributed by atoms with E-state index in [0.717, 1.165) is 32.0 Å². The molecule has 1 amide bonds. The Kier molecular flexibility index (Phi) is 6.88. The number of hydrogen-bond donors (Lipinski definition) is 1. The van der Waals surface area contributed by atoms with Gasteiger partial charge in [-0.3, -0.25) is 4.79 Å². The zero-order chi connectivity index (χ0) is 23.5. The fraction of sp³-hybridized carbons (Fsp3) is 0.269. The Hall–Kier alpha value is -3.06. The van der Waals surface area contributed by atoms with Crippen LogP contribution in [0, 0.1) is 6.92 Å². The number of amides is 1. The number of nitrogens with one attached hydrogen (secondary N) is 1. The molecule has 0 bridgehead atoms. The van der Waals surface area contributed by atoms with E-state index in [4.69, 9.17) is 4.74 Å². The summed E-state index contributed by atoms with van der Waals surface area (Å²) in [5.41, 5.74) is 4.03. The van der Waals surface area contributed by atoms with Crippen molar-refractivity contribution in [3.05, 3.63) is 70.7 Å². The first-order valence-corrected chi connectivity index (χ1v) is 11.6. The summed E-state index contributed by atoms with van der Waals surface area (Å²) in [6.45, 7) is 2.49. The van der Waals surface area contributed by atoms with Gasteiger partial charge in [0.1, 0.15) is 11.9 Å². The highest BCUT2D eigenvalue weighted by Gasteiger charge is 2.15. The first kappa shape index (κ1) is 23.1. The number of alkyl halides is 1. The number of carbonyl (C=O) groups excluding carboxylic acids is 1. The van der Waals surface area contributed by atoms with Crippen LogP contribution in [0.25, 0.3) is 21.8 Å². The van der Waals surface area contributed by atoms with Crippen LogP contribution in [0.1, 0.15) is 5.56 Å². The number of likely N-dealkylation sites (N-methyl/N-ethyl adjacent to an activating group) is 1. The van der Waals surface area contributed by atoms with Gasteiger partial charge in [0.15, 0.2) is 6.61 Å². The molecule has 7 heteroatoms. The largest absolute Gasteiger partial charge is 0.484 e. The Morgan fingerprint density at radius 3 is 2.42 bits per heavy atom. The zero-order valence-corrected chi connectivity index (χ0v) is 20.5. The predicted molar refractivity (Wildman–Crippen MR) is 136 cm³/mol. The van der Waals surface area contributed by atoms with Crippen molar-refractivity contribution in [2.75, 3.05) is 32.6 Å². The normalized spacial score (nSPS) is 12.2. The van der Waals surface area contributed by atoms with Crippen LogP contribution in [0.5, 0.6) is 5.75 Å². The molecule has 0 aliphatic carbocycles. The maximum atomic E-state index is 15.1. The van der Waals surface area contributed by atoms with Gasteiger partial charge in [-0.2, -0.15) is 0 Å². The fourth-order valence-electron chi connectivity index (χ4n) is 3.82. The molecular formula is C26H27BrFN3O2. The molecule has 0 aliphatic heterocycles. The second-order valence-electron chi connectivity index (χ2n) is 8.37. The number of fused-ring (bicyclic) bond motifs is 3. The number of aryl methyl sites for hydroxylation is 1. The summed E-state index contributed by atoms with van der Waals surface area (Å²) in [7, 11) is 3.37. The highest BCUT2D eigenvalue weighted by atomic mass is 79.9. The molecule has 33 heavy (non-hydrogen) atoms. The second-order valence-corrected chi connectivity index (χ2v) is 9.29. The van der Waals surface area contributed by atoms with Crippen LogP contribution in [0.15, 0.2) is 65.1 Å². The standard InChI is InChI=1S/C26H27BrFN3O2/c1-17-4-10-24-22(12-17)23-13-18(27)5-11-25(23)31(24)15-19(28)14-29-20-6-8-21(9-7-20)33-16-26(32)30(2)3/h4-13,19,29H,14-16H2,1-3H3. The number of aromatic nitrogens is 1. The lowest BCUT2D eigenvalue weighted by molar-refractivity contribution is -0.130. The highest BCUT2D eigenvalue weighted by Crippen LogP contribution is 2.32. The zero-order valence-electron chi connectivity index (χ0n) is 18.9. The number of carbonyl (C=O) groups is 1. The minimum Gasteiger partial charge on any atom is -0.484 e. The molecule has 1 N–H and O–H groups in total. The van der Waals surface area contributed by atoms with Gasteiger partial charge < -0.3 is 19.5 Å². The van der Waals surface area contributed by atoms with Crippen molar-refractivity contribution in [3.63, 3.8) is 0 Å². The summed E-state index contributed by atoms with van der Waals surface area (Å²) in [5, 5.41) is 5.41. The van der Waals surface area contributed by atoms with Gasteiger partial charge in [0.05, 0.1) is 6.54 Å². The van der Waals surface area contributed by atoms with E-state index >= 15 is 4.39 Å². The Labute approximate surface area is 201 Å². The van der Waals surface area contributed by atoms with E-state index in [-0.39, 0.29) is 25.6 Å². The van der Waals surface area contributed by atoms with Crippen molar-refractivity contribution in [1.29, 1.82) is 0 Å². The summed E-state index contributed by atoms with van der Waals surface area (Å²) >= 11 is 3.55. The van der Waals surface area contributed by atoms with Crippen molar-refractivity contribution in [3.8, 4) is 5.75 Å². The molecular weight excluding hydrogens is 485 g/mol. The summed E-state index contributed by atoms with van der Waals surface area (Å²) in [4.78, 5) is 13.1. The number of hydrogen-bond acceptors (Lipinski definition) is 3. The number of rotatable bonds is 8. The molecule has 0 fully saturated rings. The number of benzene rings is 3. The van der Waals surface area contributed by atoms with E-state index < -0.39 is 6.17 Å². The average molecular weight is 512 g/mol. The van der Waals surface area contributed by atoms with Gasteiger partial charge >= 0.3 is 0 Å². The van der Waals surface area contributed by atoms with Crippen LogP contribution in [-0.2, 0) is 11.3 Å². The van der Waals surface area contributed by atoms with Crippen molar-refractivity contribution in [2.24, 2.45) is 0 Å². The minimum atomic E-state index is -1.08. The molecule has 0 saturated carbocycles. The number of anilines is 1. The third-order valence-corrected chi connectivity index (χ3v) is 6.10.